The molecule has 1 fully saturated rings. The molecule has 1 aromatic rings. The van der Waals surface area contributed by atoms with Gasteiger partial charge in [0.1, 0.15) is 19.9 Å². The zero-order valence-corrected chi connectivity index (χ0v) is 39.5. The summed E-state index contributed by atoms with van der Waals surface area (Å²) >= 11 is 0. The van der Waals surface area contributed by atoms with E-state index in [1.807, 2.05) is 21.6 Å². The van der Waals surface area contributed by atoms with Crippen molar-refractivity contribution in [2.75, 3.05) is 57.8 Å². The van der Waals surface area contributed by atoms with E-state index < -0.39 is 87.2 Å². The monoisotopic (exact) mass is 970 g/mol. The van der Waals surface area contributed by atoms with Crippen molar-refractivity contribution in [3.8, 4) is 12.3 Å². The molecule has 1 aliphatic rings. The maximum absolute atomic E-state index is 13.4. The van der Waals surface area contributed by atoms with Gasteiger partial charge in [-0.2, -0.15) is 0 Å². The minimum absolute atomic E-state index is 0.0277. The Kier molecular flexibility index (Phi) is 26.9. The van der Waals surface area contributed by atoms with Gasteiger partial charge in [0, 0.05) is 49.3 Å². The Morgan fingerprint density at radius 2 is 1.33 bits per heavy atom. The fourth-order valence-electron chi connectivity index (χ4n) is 5.49. The van der Waals surface area contributed by atoms with Gasteiger partial charge in [0.25, 0.3) is 29.0 Å². The van der Waals surface area contributed by atoms with E-state index in [4.69, 9.17) is 33.8 Å². The SMILES string of the molecule is C#CCCCCn1c(=O)c(C)cn(C2CC(OP(=O)([O-])OCCCOP(C)(=O)[O-])C(COP(=O)([O-])OCCOP(=O)([O-])OCCCCCCSSCCCCCC)O2)c1=O. The van der Waals surface area contributed by atoms with Gasteiger partial charge in [-0.15, -0.1) is 12.3 Å². The van der Waals surface area contributed by atoms with Crippen LogP contribution in [0.25, 0.3) is 0 Å². The Morgan fingerprint density at radius 3 is 1.97 bits per heavy atom. The smallest absolute Gasteiger partial charge is 0.333 e. The van der Waals surface area contributed by atoms with Crippen molar-refractivity contribution in [3.05, 3.63) is 32.6 Å². The number of phosphoric ester groups is 3. The van der Waals surface area contributed by atoms with Crippen LogP contribution in [0.4, 0.5) is 0 Å². The summed E-state index contributed by atoms with van der Waals surface area (Å²) in [6, 6.07) is 0. The number of aromatic nitrogens is 2. The van der Waals surface area contributed by atoms with Gasteiger partial charge in [-0.3, -0.25) is 27.6 Å². The Balaban J connectivity index is 1.93. The second kappa shape index (κ2) is 29.0. The maximum Gasteiger partial charge on any atom is 0.333 e. The van der Waals surface area contributed by atoms with Crippen LogP contribution >= 0.6 is 52.7 Å². The molecule has 0 radical (unpaired) electrons. The molecule has 20 nitrogen and oxygen atoms in total. The summed E-state index contributed by atoms with van der Waals surface area (Å²) < 4.78 is 90.3. The first kappa shape index (κ1) is 55.5. The summed E-state index contributed by atoms with van der Waals surface area (Å²) in [4.78, 5) is 74.9. The zero-order valence-electron chi connectivity index (χ0n) is 34.3. The van der Waals surface area contributed by atoms with Crippen LogP contribution in [-0.4, -0.2) is 79.2 Å². The lowest BCUT2D eigenvalue weighted by Gasteiger charge is -2.30. The van der Waals surface area contributed by atoms with Crippen LogP contribution in [0, 0.1) is 19.3 Å². The Bertz CT molecular complexity index is 1770. The highest BCUT2D eigenvalue weighted by molar-refractivity contribution is 8.76. The third-order valence-electron chi connectivity index (χ3n) is 8.45. The van der Waals surface area contributed by atoms with Crippen LogP contribution < -0.4 is 30.8 Å². The molecule has 1 aliphatic heterocycles. The minimum atomic E-state index is -5.21. The average molecular weight is 971 g/mol. The number of rotatable bonds is 35. The number of phosphoric acid groups is 3. The minimum Gasteiger partial charge on any atom is -0.779 e. The van der Waals surface area contributed by atoms with Crippen LogP contribution in [0.2, 0.25) is 0 Å². The fourth-order valence-corrected chi connectivity index (χ4v) is 10.6. The molecule has 0 amide bonds. The Labute approximate surface area is 359 Å². The molecule has 0 aliphatic carbocycles. The number of hydrogen-bond donors (Lipinski definition) is 0. The van der Waals surface area contributed by atoms with Gasteiger partial charge >= 0.3 is 5.69 Å². The van der Waals surface area contributed by atoms with E-state index in [2.05, 4.69) is 21.9 Å². The number of aryl methyl sites for hydroxylation is 1. The van der Waals surface area contributed by atoms with Crippen molar-refractivity contribution in [2.45, 2.75) is 122 Å². The van der Waals surface area contributed by atoms with E-state index in [0.717, 1.165) is 46.6 Å². The molecule has 0 aromatic carbocycles. The van der Waals surface area contributed by atoms with Gasteiger partial charge in [-0.25, -0.2) is 4.79 Å². The number of nitrogens with zero attached hydrogens (tertiary/aromatic N) is 2. The van der Waals surface area contributed by atoms with Crippen molar-refractivity contribution >= 4 is 52.7 Å². The van der Waals surface area contributed by atoms with Gasteiger partial charge in [-0.05, 0) is 45.4 Å². The molecule has 1 aromatic heterocycles. The summed E-state index contributed by atoms with van der Waals surface area (Å²) in [5.41, 5.74) is -1.21. The summed E-state index contributed by atoms with van der Waals surface area (Å²) in [6.07, 6.45) is 11.2. The molecular formula is C34H58N2O18P4S2-4. The van der Waals surface area contributed by atoms with Crippen LogP contribution in [0.5, 0.6) is 0 Å². The highest BCUT2D eigenvalue weighted by atomic mass is 33.1. The fraction of sp³-hybridized carbons (Fsp3) is 0.824. The number of terminal acetylenes is 1. The van der Waals surface area contributed by atoms with Gasteiger partial charge < -0.3 is 60.5 Å². The Morgan fingerprint density at radius 1 is 0.767 bits per heavy atom. The summed E-state index contributed by atoms with van der Waals surface area (Å²) in [5, 5.41) is 0. The largest absolute Gasteiger partial charge is 0.779 e. The highest BCUT2D eigenvalue weighted by Gasteiger charge is 2.41. The average Bonchev–Trinajstić information content (AvgIpc) is 3.56. The van der Waals surface area contributed by atoms with E-state index >= 15 is 0 Å². The molecule has 60 heavy (non-hydrogen) atoms. The molecule has 7 atom stereocenters. The summed E-state index contributed by atoms with van der Waals surface area (Å²) in [5.74, 6) is 4.62. The predicted octanol–water partition coefficient (Wildman–Crippen LogP) is 4.39. The summed E-state index contributed by atoms with van der Waals surface area (Å²) in [7, 11) is -15.5. The number of hydrogen-bond acceptors (Lipinski definition) is 20. The van der Waals surface area contributed by atoms with Crippen LogP contribution in [0.3, 0.4) is 0 Å². The van der Waals surface area contributed by atoms with Crippen molar-refractivity contribution in [1.82, 2.24) is 9.13 Å². The van der Waals surface area contributed by atoms with E-state index in [9.17, 15) is 47.4 Å². The van der Waals surface area contributed by atoms with Crippen molar-refractivity contribution < 1.29 is 74.2 Å². The first-order valence-corrected chi connectivity index (χ1v) is 28.6. The molecule has 0 bridgehead atoms. The lowest BCUT2D eigenvalue weighted by Crippen LogP contribution is -2.42. The van der Waals surface area contributed by atoms with E-state index in [1.165, 1.54) is 38.8 Å². The van der Waals surface area contributed by atoms with Gasteiger partial charge in [0.05, 0.1) is 45.7 Å². The molecule has 2 rings (SSSR count). The standard InChI is InChI=1S/C34H62N2O18P4S2/c1-5-7-9-13-18-35-33(37)29(3)27-36(34(35)38)32-26-30(54-58(45,46)49-21-17-20-47-55(4,39)40)31(53-32)28-52-57(43,44)51-23-22-50-56(41,42)48-19-14-11-12-16-25-60-59-24-15-10-8-6-2/h1,27,30-32H,6-26,28H2,2-4H3,(H,39,40)(H,41,42)(H,43,44)(H,45,46)/p-4. The molecule has 2 heterocycles. The van der Waals surface area contributed by atoms with Crippen LogP contribution in [-0.2, 0) is 61.2 Å². The first-order valence-electron chi connectivity index (χ1n) is 19.7. The zero-order chi connectivity index (χ0) is 44.7. The highest BCUT2D eigenvalue weighted by Crippen LogP contribution is 2.47. The van der Waals surface area contributed by atoms with Gasteiger partial charge in [0.15, 0.2) is 0 Å². The molecule has 348 valence electrons. The lowest BCUT2D eigenvalue weighted by atomic mass is 10.2. The second-order valence-corrected chi connectivity index (χ2v) is 22.4. The van der Waals surface area contributed by atoms with Crippen molar-refractivity contribution in [1.29, 1.82) is 0 Å². The van der Waals surface area contributed by atoms with Gasteiger partial charge in [0.2, 0.25) is 0 Å². The first-order chi connectivity index (χ1) is 28.3. The summed E-state index contributed by atoms with van der Waals surface area (Å²) in [6.45, 7) is 1.08. The predicted molar refractivity (Wildman–Crippen MR) is 220 cm³/mol. The van der Waals surface area contributed by atoms with Gasteiger partial charge in [-0.1, -0.05) is 60.6 Å². The van der Waals surface area contributed by atoms with Crippen molar-refractivity contribution in [3.63, 3.8) is 0 Å². The molecule has 0 saturated carbocycles. The van der Waals surface area contributed by atoms with E-state index in [0.29, 0.717) is 25.7 Å². The van der Waals surface area contributed by atoms with E-state index in [-0.39, 0.29) is 38.2 Å². The quantitative estimate of drug-likeness (QED) is 0.0394. The molecule has 7 unspecified atom stereocenters. The molecule has 26 heteroatoms. The normalized spacial score (nSPS) is 20.9. The second-order valence-electron chi connectivity index (χ2n) is 13.7. The lowest BCUT2D eigenvalue weighted by molar-refractivity contribution is -0.237. The molecule has 0 N–H and O–H groups in total. The van der Waals surface area contributed by atoms with Crippen LogP contribution in [0.15, 0.2) is 15.8 Å². The number of unbranched alkanes of at least 4 members (excludes halogenated alkanes) is 8. The maximum atomic E-state index is 13.4. The molecular weight excluding hydrogens is 912 g/mol. The Hall–Kier alpha value is -0.620. The third-order valence-corrected chi connectivity index (χ3v) is 14.7. The topological polar surface area (TPSA) is 278 Å². The van der Waals surface area contributed by atoms with Crippen molar-refractivity contribution in [2.24, 2.45) is 0 Å². The van der Waals surface area contributed by atoms with E-state index in [1.54, 1.807) is 0 Å². The number of ether oxygens (including phenoxy) is 1. The molecule has 0 spiro atoms. The van der Waals surface area contributed by atoms with Crippen LogP contribution in [0.1, 0.15) is 102 Å². The molecule has 1 saturated heterocycles. The third kappa shape index (κ3) is 23.9.